The highest BCUT2D eigenvalue weighted by Gasteiger charge is 2.32. The predicted molar refractivity (Wildman–Crippen MR) is 118 cm³/mol. The molecule has 0 N–H and O–H groups in total. The third-order valence-electron chi connectivity index (χ3n) is 6.26. The molecular weight excluding hydrogens is 392 g/mol. The SMILES string of the molecule is CCOc1ccc(CCC(=O)N2CC[C@H](c3nc(C)c4c(n3)N(C)C(=O)CC4)C2)cc1. The number of anilines is 1. The van der Waals surface area contributed by atoms with E-state index in [1.807, 2.05) is 43.0 Å². The van der Waals surface area contributed by atoms with Crippen LogP contribution in [-0.4, -0.2) is 53.4 Å². The second-order valence-electron chi connectivity index (χ2n) is 8.32. The van der Waals surface area contributed by atoms with Gasteiger partial charge >= 0.3 is 0 Å². The van der Waals surface area contributed by atoms with Gasteiger partial charge in [0.2, 0.25) is 11.8 Å². The first kappa shape index (κ1) is 21.3. The van der Waals surface area contributed by atoms with Gasteiger partial charge in [0.25, 0.3) is 0 Å². The maximum absolute atomic E-state index is 12.8. The highest BCUT2D eigenvalue weighted by molar-refractivity contribution is 5.94. The van der Waals surface area contributed by atoms with E-state index in [2.05, 4.69) is 0 Å². The Morgan fingerprint density at radius 2 is 1.97 bits per heavy atom. The van der Waals surface area contributed by atoms with Crippen molar-refractivity contribution in [3.05, 3.63) is 46.9 Å². The molecule has 164 valence electrons. The van der Waals surface area contributed by atoms with Gasteiger partial charge in [0.1, 0.15) is 17.4 Å². The Morgan fingerprint density at radius 3 is 2.71 bits per heavy atom. The van der Waals surface area contributed by atoms with Gasteiger partial charge in [-0.1, -0.05) is 12.1 Å². The van der Waals surface area contributed by atoms with E-state index in [0.29, 0.717) is 38.8 Å². The Labute approximate surface area is 183 Å². The summed E-state index contributed by atoms with van der Waals surface area (Å²) in [6, 6.07) is 7.94. The highest BCUT2D eigenvalue weighted by Crippen LogP contribution is 2.31. The number of nitrogens with zero attached hydrogens (tertiary/aromatic N) is 4. The molecule has 0 spiro atoms. The molecular formula is C24H30N4O3. The molecule has 3 heterocycles. The number of likely N-dealkylation sites (tertiary alicyclic amines) is 1. The Kier molecular flexibility index (Phi) is 6.20. The summed E-state index contributed by atoms with van der Waals surface area (Å²) in [5.41, 5.74) is 3.14. The predicted octanol–water partition coefficient (Wildman–Crippen LogP) is 3.04. The zero-order valence-electron chi connectivity index (χ0n) is 18.6. The van der Waals surface area contributed by atoms with Crippen LogP contribution in [0.2, 0.25) is 0 Å². The molecule has 1 aromatic carbocycles. The van der Waals surface area contributed by atoms with Crippen molar-refractivity contribution in [3.63, 3.8) is 0 Å². The third kappa shape index (κ3) is 4.55. The first-order valence-electron chi connectivity index (χ1n) is 11.1. The zero-order chi connectivity index (χ0) is 22.0. The Bertz CT molecular complexity index is 974. The number of carbonyl (C=O) groups is 2. The fourth-order valence-electron chi connectivity index (χ4n) is 4.40. The van der Waals surface area contributed by atoms with E-state index < -0.39 is 0 Å². The summed E-state index contributed by atoms with van der Waals surface area (Å²) in [5, 5.41) is 0. The molecule has 1 saturated heterocycles. The maximum atomic E-state index is 12.8. The molecule has 0 aliphatic carbocycles. The van der Waals surface area contributed by atoms with E-state index in [1.165, 1.54) is 0 Å². The fourth-order valence-corrected chi connectivity index (χ4v) is 4.40. The van der Waals surface area contributed by atoms with Gasteiger partial charge in [-0.3, -0.25) is 14.5 Å². The summed E-state index contributed by atoms with van der Waals surface area (Å²) in [7, 11) is 1.78. The minimum atomic E-state index is 0.0917. The van der Waals surface area contributed by atoms with Gasteiger partial charge < -0.3 is 9.64 Å². The van der Waals surface area contributed by atoms with Crippen LogP contribution in [-0.2, 0) is 22.4 Å². The van der Waals surface area contributed by atoms with Crippen molar-refractivity contribution in [2.75, 3.05) is 31.6 Å². The smallest absolute Gasteiger partial charge is 0.228 e. The lowest BCUT2D eigenvalue weighted by atomic mass is 10.0. The summed E-state index contributed by atoms with van der Waals surface area (Å²) in [6.45, 7) is 5.96. The first-order valence-corrected chi connectivity index (χ1v) is 11.1. The van der Waals surface area contributed by atoms with Gasteiger partial charge in [0.15, 0.2) is 0 Å². The normalized spacial score (nSPS) is 18.3. The minimum Gasteiger partial charge on any atom is -0.494 e. The third-order valence-corrected chi connectivity index (χ3v) is 6.26. The Morgan fingerprint density at radius 1 is 1.19 bits per heavy atom. The van der Waals surface area contributed by atoms with E-state index in [9.17, 15) is 9.59 Å². The number of aromatic nitrogens is 2. The largest absolute Gasteiger partial charge is 0.494 e. The van der Waals surface area contributed by atoms with Crippen LogP contribution in [0.4, 0.5) is 5.82 Å². The number of hydrogen-bond donors (Lipinski definition) is 0. The molecule has 2 aliphatic heterocycles. The van der Waals surface area contributed by atoms with Crippen LogP contribution in [0.1, 0.15) is 54.7 Å². The molecule has 31 heavy (non-hydrogen) atoms. The molecule has 1 aromatic heterocycles. The molecule has 0 radical (unpaired) electrons. The Hall–Kier alpha value is -2.96. The van der Waals surface area contributed by atoms with Gasteiger partial charge in [0.05, 0.1) is 6.61 Å². The van der Waals surface area contributed by atoms with Crippen LogP contribution >= 0.6 is 0 Å². The standard InChI is InChI=1S/C24H30N4O3/c1-4-31-19-8-5-17(6-9-19)7-11-22(30)28-14-13-18(15-28)23-25-16(2)20-10-12-21(29)27(3)24(20)26-23/h5-6,8-9,18H,4,7,10-15H2,1-3H3/t18-/m0/s1. The number of hydrogen-bond acceptors (Lipinski definition) is 5. The van der Waals surface area contributed by atoms with Gasteiger partial charge in [-0.15, -0.1) is 0 Å². The molecule has 7 nitrogen and oxygen atoms in total. The average molecular weight is 423 g/mol. The van der Waals surface area contributed by atoms with E-state index in [0.717, 1.165) is 47.2 Å². The number of fused-ring (bicyclic) bond motifs is 1. The van der Waals surface area contributed by atoms with Crippen molar-refractivity contribution in [2.45, 2.75) is 51.9 Å². The minimum absolute atomic E-state index is 0.0917. The molecule has 0 unspecified atom stereocenters. The molecule has 0 bridgehead atoms. The number of amides is 2. The quantitative estimate of drug-likeness (QED) is 0.715. The molecule has 2 aromatic rings. The van der Waals surface area contributed by atoms with Gasteiger partial charge in [-0.05, 0) is 50.8 Å². The van der Waals surface area contributed by atoms with E-state index in [4.69, 9.17) is 14.7 Å². The number of benzene rings is 1. The molecule has 2 amide bonds. The molecule has 0 saturated carbocycles. The molecule has 1 fully saturated rings. The van der Waals surface area contributed by atoms with Crippen molar-refractivity contribution in [1.29, 1.82) is 0 Å². The zero-order valence-corrected chi connectivity index (χ0v) is 18.6. The van der Waals surface area contributed by atoms with Crippen LogP contribution in [0.3, 0.4) is 0 Å². The molecule has 2 aliphatic rings. The van der Waals surface area contributed by atoms with E-state index in [-0.39, 0.29) is 17.7 Å². The lowest BCUT2D eigenvalue weighted by Crippen LogP contribution is -2.33. The lowest BCUT2D eigenvalue weighted by molar-refractivity contribution is -0.130. The highest BCUT2D eigenvalue weighted by atomic mass is 16.5. The fraction of sp³-hybridized carbons (Fsp3) is 0.500. The Balaban J connectivity index is 1.37. The molecule has 4 rings (SSSR count). The van der Waals surface area contributed by atoms with Crippen molar-refractivity contribution in [3.8, 4) is 5.75 Å². The summed E-state index contributed by atoms with van der Waals surface area (Å²) in [6.07, 6.45) is 3.26. The lowest BCUT2D eigenvalue weighted by Gasteiger charge is -2.26. The first-order chi connectivity index (χ1) is 15.0. The number of rotatable bonds is 6. The second kappa shape index (κ2) is 9.04. The summed E-state index contributed by atoms with van der Waals surface area (Å²) in [5.74, 6) is 2.71. The number of ether oxygens (including phenoxy) is 1. The van der Waals surface area contributed by atoms with Crippen LogP contribution in [0.5, 0.6) is 5.75 Å². The van der Waals surface area contributed by atoms with E-state index in [1.54, 1.807) is 11.9 Å². The summed E-state index contributed by atoms with van der Waals surface area (Å²) < 4.78 is 5.47. The van der Waals surface area contributed by atoms with Gasteiger partial charge in [-0.2, -0.15) is 0 Å². The van der Waals surface area contributed by atoms with Gasteiger partial charge in [-0.25, -0.2) is 9.97 Å². The molecule has 7 heteroatoms. The van der Waals surface area contributed by atoms with Crippen molar-refractivity contribution >= 4 is 17.6 Å². The average Bonchev–Trinajstić information content (AvgIpc) is 3.26. The molecule has 1 atom stereocenters. The maximum Gasteiger partial charge on any atom is 0.228 e. The summed E-state index contributed by atoms with van der Waals surface area (Å²) >= 11 is 0. The monoisotopic (exact) mass is 422 g/mol. The van der Waals surface area contributed by atoms with Crippen LogP contribution in [0, 0.1) is 6.92 Å². The summed E-state index contributed by atoms with van der Waals surface area (Å²) in [4.78, 5) is 37.9. The number of aryl methyl sites for hydroxylation is 2. The van der Waals surface area contributed by atoms with Crippen LogP contribution in [0.25, 0.3) is 0 Å². The van der Waals surface area contributed by atoms with Gasteiger partial charge in [0, 0.05) is 50.2 Å². The second-order valence-corrected chi connectivity index (χ2v) is 8.32. The topological polar surface area (TPSA) is 75.6 Å². The van der Waals surface area contributed by atoms with Crippen molar-refractivity contribution in [2.24, 2.45) is 0 Å². The van der Waals surface area contributed by atoms with E-state index >= 15 is 0 Å². The van der Waals surface area contributed by atoms with Crippen molar-refractivity contribution < 1.29 is 14.3 Å². The van der Waals surface area contributed by atoms with Crippen LogP contribution < -0.4 is 9.64 Å². The van der Waals surface area contributed by atoms with Crippen molar-refractivity contribution in [1.82, 2.24) is 14.9 Å². The van der Waals surface area contributed by atoms with Crippen LogP contribution in [0.15, 0.2) is 24.3 Å². The number of carbonyl (C=O) groups excluding carboxylic acids is 2.